The fraction of sp³-hybridized carbons (Fsp3) is 0.632. The quantitative estimate of drug-likeness (QED) is 0.431. The molecule has 2 N–H and O–H groups in total. The van der Waals surface area contributed by atoms with Gasteiger partial charge in [-0.1, -0.05) is 26.3 Å². The lowest BCUT2D eigenvalue weighted by atomic mass is 9.82. The fourth-order valence-corrected chi connectivity index (χ4v) is 5.08. The van der Waals surface area contributed by atoms with Gasteiger partial charge in [-0.2, -0.15) is 0 Å². The van der Waals surface area contributed by atoms with Crippen LogP contribution in [0.1, 0.15) is 45.6 Å². The van der Waals surface area contributed by atoms with E-state index in [0.717, 1.165) is 5.56 Å². The number of methoxy groups -OCH3 is 2. The number of esters is 1. The van der Waals surface area contributed by atoms with Gasteiger partial charge in [0.2, 0.25) is 0 Å². The molecule has 0 spiro atoms. The predicted octanol–water partition coefficient (Wildman–Crippen LogP) is 3.55. The summed E-state index contributed by atoms with van der Waals surface area (Å²) in [6, 6.07) is 5.50. The molecule has 0 aromatic heterocycles. The van der Waals surface area contributed by atoms with E-state index in [4.69, 9.17) is 14.2 Å². The van der Waals surface area contributed by atoms with Gasteiger partial charge in [-0.25, -0.2) is 0 Å². The van der Waals surface area contributed by atoms with E-state index in [9.17, 15) is 19.1 Å². The minimum atomic E-state index is -4.73. The van der Waals surface area contributed by atoms with Crippen molar-refractivity contribution in [3.63, 3.8) is 0 Å². The third kappa shape index (κ3) is 5.03. The van der Waals surface area contributed by atoms with Gasteiger partial charge in [0, 0.05) is 0 Å². The van der Waals surface area contributed by atoms with Crippen LogP contribution in [0.4, 0.5) is 0 Å². The van der Waals surface area contributed by atoms with Gasteiger partial charge < -0.3 is 24.0 Å². The highest BCUT2D eigenvalue weighted by molar-refractivity contribution is 7.54. The zero-order valence-corrected chi connectivity index (χ0v) is 17.6. The van der Waals surface area contributed by atoms with Crippen molar-refractivity contribution in [3.8, 4) is 11.5 Å². The summed E-state index contributed by atoms with van der Waals surface area (Å²) in [4.78, 5) is 32.7. The second-order valence-electron chi connectivity index (χ2n) is 6.38. The van der Waals surface area contributed by atoms with Crippen molar-refractivity contribution in [2.45, 2.75) is 51.6 Å². The lowest BCUT2D eigenvalue weighted by Crippen LogP contribution is -2.46. The van der Waals surface area contributed by atoms with E-state index in [1.807, 2.05) is 19.1 Å². The number of hydrogen-bond donors (Lipinski definition) is 2. The molecule has 0 bridgehead atoms. The van der Waals surface area contributed by atoms with Crippen LogP contribution in [-0.4, -0.2) is 41.7 Å². The Kier molecular flexibility index (Phi) is 8.79. The van der Waals surface area contributed by atoms with E-state index < -0.39 is 24.6 Å². The summed E-state index contributed by atoms with van der Waals surface area (Å²) in [6.45, 7) is 5.16. The Bertz CT molecular complexity index is 670. The van der Waals surface area contributed by atoms with Crippen molar-refractivity contribution in [1.29, 1.82) is 0 Å². The highest BCUT2D eigenvalue weighted by atomic mass is 31.2. The fourth-order valence-electron chi connectivity index (χ4n) is 3.58. The molecule has 0 aliphatic heterocycles. The summed E-state index contributed by atoms with van der Waals surface area (Å²) in [5.41, 5.74) is 0.936. The first-order valence-electron chi connectivity index (χ1n) is 9.15. The molecule has 7 nitrogen and oxygen atoms in total. The number of aryl methyl sites for hydroxylation is 1. The van der Waals surface area contributed by atoms with Crippen LogP contribution in [0.2, 0.25) is 0 Å². The SMILES string of the molecule is CCOC(=O)C(CC)(C(CC)CCc1ccc(OC)c(OC)c1)P(=O)(O)O. The van der Waals surface area contributed by atoms with Crippen LogP contribution in [0.3, 0.4) is 0 Å². The highest BCUT2D eigenvalue weighted by Crippen LogP contribution is 2.59. The van der Waals surface area contributed by atoms with E-state index >= 15 is 0 Å². The van der Waals surface area contributed by atoms with Gasteiger partial charge in [0.15, 0.2) is 16.7 Å². The van der Waals surface area contributed by atoms with Gasteiger partial charge in [0.25, 0.3) is 0 Å². The Morgan fingerprint density at radius 3 is 2.22 bits per heavy atom. The molecular formula is C19H31O7P. The monoisotopic (exact) mass is 402 g/mol. The van der Waals surface area contributed by atoms with Crippen LogP contribution in [-0.2, 0) is 20.5 Å². The molecule has 2 atom stereocenters. The normalized spacial score (nSPS) is 14.9. The Morgan fingerprint density at radius 1 is 1.15 bits per heavy atom. The molecule has 154 valence electrons. The number of carbonyl (C=O) groups is 1. The predicted molar refractivity (Wildman–Crippen MR) is 103 cm³/mol. The summed E-state index contributed by atoms with van der Waals surface area (Å²) in [6.07, 6.45) is 1.44. The third-order valence-electron chi connectivity index (χ3n) is 5.09. The summed E-state index contributed by atoms with van der Waals surface area (Å²) >= 11 is 0. The molecule has 0 amide bonds. The van der Waals surface area contributed by atoms with Crippen LogP contribution < -0.4 is 9.47 Å². The zero-order chi connectivity index (χ0) is 20.7. The van der Waals surface area contributed by atoms with E-state index in [1.165, 1.54) is 0 Å². The van der Waals surface area contributed by atoms with Crippen LogP contribution in [0, 0.1) is 5.92 Å². The maximum atomic E-state index is 12.6. The summed E-state index contributed by atoms with van der Waals surface area (Å²) in [5, 5.41) is -1.83. The van der Waals surface area contributed by atoms with E-state index in [-0.39, 0.29) is 13.0 Å². The second kappa shape index (κ2) is 10.1. The molecule has 27 heavy (non-hydrogen) atoms. The van der Waals surface area contributed by atoms with Crippen molar-refractivity contribution < 1.29 is 33.4 Å². The number of hydrogen-bond acceptors (Lipinski definition) is 5. The van der Waals surface area contributed by atoms with Crippen molar-refractivity contribution >= 4 is 13.6 Å². The topological polar surface area (TPSA) is 102 Å². The first-order chi connectivity index (χ1) is 12.7. The standard InChI is InChI=1S/C19H31O7P/c1-6-15(19(7-2,27(21,22)23)18(20)26-8-3)11-9-14-10-12-16(24-4)17(13-14)25-5/h10,12-13,15H,6-9,11H2,1-5H3,(H2,21,22,23). The molecular weight excluding hydrogens is 371 g/mol. The van der Waals surface area contributed by atoms with Crippen LogP contribution in [0.5, 0.6) is 11.5 Å². The van der Waals surface area contributed by atoms with Gasteiger partial charge in [0.05, 0.1) is 20.8 Å². The molecule has 0 aliphatic rings. The average Bonchev–Trinajstić information content (AvgIpc) is 2.63. The average molecular weight is 402 g/mol. The van der Waals surface area contributed by atoms with Crippen molar-refractivity contribution in [1.82, 2.24) is 0 Å². The lowest BCUT2D eigenvalue weighted by molar-refractivity contribution is -0.149. The van der Waals surface area contributed by atoms with Crippen LogP contribution in [0.25, 0.3) is 0 Å². The van der Waals surface area contributed by atoms with Crippen molar-refractivity contribution in [2.24, 2.45) is 5.92 Å². The zero-order valence-electron chi connectivity index (χ0n) is 16.7. The Labute approximate surface area is 161 Å². The maximum absolute atomic E-state index is 12.6. The highest BCUT2D eigenvalue weighted by Gasteiger charge is 2.57. The molecule has 0 heterocycles. The van der Waals surface area contributed by atoms with Crippen molar-refractivity contribution in [3.05, 3.63) is 23.8 Å². The Morgan fingerprint density at radius 2 is 1.78 bits per heavy atom. The number of benzene rings is 1. The smallest absolute Gasteiger partial charge is 0.343 e. The molecule has 0 saturated heterocycles. The maximum Gasteiger partial charge on any atom is 0.343 e. The number of carbonyl (C=O) groups excluding carboxylic acids is 1. The largest absolute Gasteiger partial charge is 0.493 e. The molecule has 1 aromatic rings. The van der Waals surface area contributed by atoms with E-state index in [2.05, 4.69) is 0 Å². The van der Waals surface area contributed by atoms with Crippen LogP contribution in [0.15, 0.2) is 18.2 Å². The van der Waals surface area contributed by atoms with Gasteiger partial charge in [-0.3, -0.25) is 9.36 Å². The molecule has 0 saturated carbocycles. The van der Waals surface area contributed by atoms with E-state index in [1.54, 1.807) is 34.1 Å². The minimum Gasteiger partial charge on any atom is -0.493 e. The molecule has 0 aliphatic carbocycles. The summed E-state index contributed by atoms with van der Waals surface area (Å²) < 4.78 is 27.9. The summed E-state index contributed by atoms with van der Waals surface area (Å²) in [7, 11) is -1.63. The molecule has 0 fully saturated rings. The lowest BCUT2D eigenvalue weighted by Gasteiger charge is -2.37. The number of ether oxygens (including phenoxy) is 3. The Balaban J connectivity index is 3.16. The first kappa shape index (κ1) is 23.5. The van der Waals surface area contributed by atoms with Gasteiger partial charge in [-0.15, -0.1) is 0 Å². The van der Waals surface area contributed by atoms with Gasteiger partial charge in [-0.05, 0) is 49.8 Å². The molecule has 2 unspecified atom stereocenters. The second-order valence-corrected chi connectivity index (χ2v) is 8.26. The van der Waals surface area contributed by atoms with E-state index in [0.29, 0.717) is 30.8 Å². The van der Waals surface area contributed by atoms with Crippen molar-refractivity contribution in [2.75, 3.05) is 20.8 Å². The molecule has 8 heteroatoms. The van der Waals surface area contributed by atoms with Crippen LogP contribution >= 0.6 is 7.60 Å². The van der Waals surface area contributed by atoms with Gasteiger partial charge in [0.1, 0.15) is 0 Å². The third-order valence-corrected chi connectivity index (χ3v) is 6.99. The molecule has 0 radical (unpaired) electrons. The van der Waals surface area contributed by atoms with Gasteiger partial charge >= 0.3 is 13.6 Å². The first-order valence-corrected chi connectivity index (χ1v) is 10.8. The molecule has 1 rings (SSSR count). The summed E-state index contributed by atoms with van der Waals surface area (Å²) in [5.74, 6) is -0.140. The Hall–Kier alpha value is -1.56. The number of rotatable bonds is 11. The molecule has 1 aromatic carbocycles. The minimum absolute atomic E-state index is 0.0144.